The van der Waals surface area contributed by atoms with Crippen LogP contribution in [0.3, 0.4) is 0 Å². The van der Waals surface area contributed by atoms with Gasteiger partial charge in [0.1, 0.15) is 11.6 Å². The van der Waals surface area contributed by atoms with Crippen molar-refractivity contribution in [2.24, 2.45) is 35.0 Å². The quantitative estimate of drug-likeness (QED) is 0.718. The van der Waals surface area contributed by atoms with Gasteiger partial charge in [0.25, 0.3) is 0 Å². The lowest BCUT2D eigenvalue weighted by Crippen LogP contribution is -2.67. The first-order chi connectivity index (χ1) is 11.7. The van der Waals surface area contributed by atoms with Gasteiger partial charge in [0.15, 0.2) is 0 Å². The minimum atomic E-state index is 0.0977. The molecule has 8 atom stereocenters. The maximum atomic E-state index is 12.4. The van der Waals surface area contributed by atoms with Gasteiger partial charge in [-0.3, -0.25) is 14.5 Å². The number of Topliss-reactive ketones (excluding diaryl/α,β-unsaturated/α-hetero) is 2. The molecular formula is C22H35NO2. The maximum absolute atomic E-state index is 12.4. The lowest BCUT2D eigenvalue weighted by molar-refractivity contribution is -0.155. The van der Waals surface area contributed by atoms with Gasteiger partial charge in [-0.05, 0) is 88.5 Å². The van der Waals surface area contributed by atoms with Crippen LogP contribution >= 0.6 is 0 Å². The Bertz CT molecular complexity index is 601. The average molecular weight is 346 g/mol. The molecule has 0 aromatic carbocycles. The number of rotatable bonds is 1. The number of hydrogen-bond donors (Lipinski definition) is 0. The fraction of sp³-hybridized carbons (Fsp3) is 0.909. The molecule has 0 aromatic heterocycles. The molecule has 0 spiro atoms. The highest BCUT2D eigenvalue weighted by Gasteiger charge is 2.62. The van der Waals surface area contributed by atoms with Crippen molar-refractivity contribution < 1.29 is 9.59 Å². The molecule has 4 rings (SSSR count). The van der Waals surface area contributed by atoms with Crippen LogP contribution in [0.1, 0.15) is 73.1 Å². The number of ketones is 2. The second kappa shape index (κ2) is 5.65. The van der Waals surface area contributed by atoms with Crippen LogP contribution in [0.2, 0.25) is 0 Å². The first-order valence-corrected chi connectivity index (χ1v) is 10.5. The zero-order chi connectivity index (χ0) is 18.1. The molecule has 3 nitrogen and oxygen atoms in total. The smallest absolute Gasteiger partial charge is 0.149 e. The SMILES string of the molecule is CC(=O)[C@H]1C(C)C[C@H]2[C@@H]3CCN4C(C)C(=O)CC[C@]4(C)[C@H]3CC[C@]12C. The third-order valence-corrected chi connectivity index (χ3v) is 9.19. The van der Waals surface area contributed by atoms with Crippen molar-refractivity contribution in [2.75, 3.05) is 6.54 Å². The summed E-state index contributed by atoms with van der Waals surface area (Å²) in [5.74, 6) is 3.78. The highest BCUT2D eigenvalue weighted by molar-refractivity contribution is 5.84. The van der Waals surface area contributed by atoms with Crippen molar-refractivity contribution >= 4 is 11.6 Å². The van der Waals surface area contributed by atoms with Gasteiger partial charge in [0, 0.05) is 17.9 Å². The monoisotopic (exact) mass is 345 g/mol. The molecule has 2 unspecified atom stereocenters. The molecule has 0 amide bonds. The predicted octanol–water partition coefficient (Wildman–Crippen LogP) is 4.10. The zero-order valence-corrected chi connectivity index (χ0v) is 16.7. The second-order valence-corrected chi connectivity index (χ2v) is 10.2. The van der Waals surface area contributed by atoms with E-state index in [0.29, 0.717) is 29.3 Å². The maximum Gasteiger partial charge on any atom is 0.149 e. The van der Waals surface area contributed by atoms with E-state index in [2.05, 4.69) is 32.6 Å². The van der Waals surface area contributed by atoms with E-state index in [-0.39, 0.29) is 22.9 Å². The number of piperidine rings is 2. The molecule has 3 heteroatoms. The molecule has 140 valence electrons. The van der Waals surface area contributed by atoms with Crippen molar-refractivity contribution in [1.82, 2.24) is 4.90 Å². The number of nitrogens with zero attached hydrogens (tertiary/aromatic N) is 1. The predicted molar refractivity (Wildman–Crippen MR) is 99.2 cm³/mol. The molecule has 0 N–H and O–H groups in total. The van der Waals surface area contributed by atoms with Crippen molar-refractivity contribution in [2.45, 2.75) is 84.7 Å². The highest BCUT2D eigenvalue weighted by atomic mass is 16.1. The lowest BCUT2D eigenvalue weighted by Gasteiger charge is -2.62. The molecule has 2 saturated heterocycles. The molecule has 2 aliphatic heterocycles. The van der Waals surface area contributed by atoms with Gasteiger partial charge in [-0.2, -0.15) is 0 Å². The number of hydrogen-bond acceptors (Lipinski definition) is 3. The van der Waals surface area contributed by atoms with Crippen molar-refractivity contribution in [1.29, 1.82) is 0 Å². The van der Waals surface area contributed by atoms with Crippen LogP contribution in [0.4, 0.5) is 0 Å². The first kappa shape index (κ1) is 17.7. The van der Waals surface area contributed by atoms with E-state index in [0.717, 1.165) is 25.3 Å². The van der Waals surface area contributed by atoms with Gasteiger partial charge in [-0.25, -0.2) is 0 Å². The number of fused-ring (bicyclic) bond motifs is 5. The van der Waals surface area contributed by atoms with Gasteiger partial charge in [-0.15, -0.1) is 0 Å². The molecule has 4 fully saturated rings. The van der Waals surface area contributed by atoms with E-state index in [9.17, 15) is 9.59 Å². The Kier molecular flexibility index (Phi) is 4.00. The van der Waals surface area contributed by atoms with Crippen LogP contribution in [0.15, 0.2) is 0 Å². The van der Waals surface area contributed by atoms with Crippen LogP contribution in [-0.2, 0) is 9.59 Å². The van der Waals surface area contributed by atoms with Crippen LogP contribution in [0.5, 0.6) is 0 Å². The molecule has 4 aliphatic rings. The standard InChI is InChI=1S/C22H35NO2/c1-13-12-18-16-8-11-23-14(2)19(25)7-10-22(23,5)17(16)6-9-21(18,4)20(13)15(3)24/h13-14,16-18,20H,6-12H2,1-5H3/t13?,14?,16-,17+,18+,20-,21+,22-/m1/s1. The summed E-state index contributed by atoms with van der Waals surface area (Å²) < 4.78 is 0. The Balaban J connectivity index is 1.66. The summed E-state index contributed by atoms with van der Waals surface area (Å²) in [6, 6.07) is 0.0977. The van der Waals surface area contributed by atoms with Gasteiger partial charge in [-0.1, -0.05) is 13.8 Å². The molecule has 2 saturated carbocycles. The number of carbonyl (C=O) groups is 2. The van der Waals surface area contributed by atoms with Crippen LogP contribution in [0, 0.1) is 35.0 Å². The second-order valence-electron chi connectivity index (χ2n) is 10.2. The summed E-state index contributed by atoms with van der Waals surface area (Å²) in [7, 11) is 0. The average Bonchev–Trinajstić information content (AvgIpc) is 2.81. The molecule has 0 bridgehead atoms. The minimum Gasteiger partial charge on any atom is -0.300 e. The molecular weight excluding hydrogens is 310 g/mol. The summed E-state index contributed by atoms with van der Waals surface area (Å²) in [4.78, 5) is 27.2. The molecule has 2 heterocycles. The largest absolute Gasteiger partial charge is 0.300 e. The van der Waals surface area contributed by atoms with Gasteiger partial charge >= 0.3 is 0 Å². The number of carbonyl (C=O) groups excluding carboxylic acids is 2. The normalized spacial score (nSPS) is 53.1. The summed E-state index contributed by atoms with van der Waals surface area (Å²) >= 11 is 0. The fourth-order valence-corrected chi connectivity index (χ4v) is 8.17. The third-order valence-electron chi connectivity index (χ3n) is 9.19. The van der Waals surface area contributed by atoms with Crippen molar-refractivity contribution in [3.63, 3.8) is 0 Å². The van der Waals surface area contributed by atoms with Gasteiger partial charge in [0.05, 0.1) is 6.04 Å². The topological polar surface area (TPSA) is 37.4 Å². The molecule has 2 aliphatic carbocycles. The van der Waals surface area contributed by atoms with E-state index < -0.39 is 0 Å². The summed E-state index contributed by atoms with van der Waals surface area (Å²) in [5.41, 5.74) is 0.399. The van der Waals surface area contributed by atoms with E-state index in [4.69, 9.17) is 0 Å². The van der Waals surface area contributed by atoms with Crippen molar-refractivity contribution in [3.05, 3.63) is 0 Å². The summed E-state index contributed by atoms with van der Waals surface area (Å²) in [5, 5.41) is 0. The minimum absolute atomic E-state index is 0.0977. The van der Waals surface area contributed by atoms with Gasteiger partial charge in [0.2, 0.25) is 0 Å². The Morgan fingerprint density at radius 3 is 2.52 bits per heavy atom. The van der Waals surface area contributed by atoms with E-state index in [1.165, 1.54) is 25.7 Å². The van der Waals surface area contributed by atoms with E-state index in [1.54, 1.807) is 0 Å². The van der Waals surface area contributed by atoms with Crippen LogP contribution in [0.25, 0.3) is 0 Å². The summed E-state index contributed by atoms with van der Waals surface area (Å²) in [6.45, 7) is 12.2. The Labute approximate surface area is 152 Å². The molecule has 25 heavy (non-hydrogen) atoms. The lowest BCUT2D eigenvalue weighted by atomic mass is 9.51. The van der Waals surface area contributed by atoms with Crippen LogP contribution in [-0.4, -0.2) is 34.6 Å². The summed E-state index contributed by atoms with van der Waals surface area (Å²) in [6.07, 6.45) is 6.67. The van der Waals surface area contributed by atoms with E-state index >= 15 is 0 Å². The van der Waals surface area contributed by atoms with Gasteiger partial charge < -0.3 is 0 Å². The molecule has 0 radical (unpaired) electrons. The van der Waals surface area contributed by atoms with Crippen molar-refractivity contribution in [3.8, 4) is 0 Å². The van der Waals surface area contributed by atoms with Crippen LogP contribution < -0.4 is 0 Å². The highest BCUT2D eigenvalue weighted by Crippen LogP contribution is 2.65. The third kappa shape index (κ3) is 2.27. The zero-order valence-electron chi connectivity index (χ0n) is 16.7. The Morgan fingerprint density at radius 2 is 1.84 bits per heavy atom. The first-order valence-electron chi connectivity index (χ1n) is 10.5. The fourth-order valence-electron chi connectivity index (χ4n) is 8.17. The Hall–Kier alpha value is -0.700. The molecule has 0 aromatic rings. The Morgan fingerprint density at radius 1 is 1.12 bits per heavy atom. The van der Waals surface area contributed by atoms with E-state index in [1.807, 2.05) is 6.92 Å².